The molecule has 0 spiro atoms. The maximum absolute atomic E-state index is 12.2. The first-order valence-electron chi connectivity index (χ1n) is 8.53. The first-order valence-corrected chi connectivity index (χ1v) is 8.53. The van der Waals surface area contributed by atoms with Crippen molar-refractivity contribution in [2.24, 2.45) is 0 Å². The Bertz CT molecular complexity index is 753. The van der Waals surface area contributed by atoms with Crippen LogP contribution in [-0.2, 0) is 4.79 Å². The molecule has 0 aliphatic heterocycles. The van der Waals surface area contributed by atoms with E-state index >= 15 is 0 Å². The third kappa shape index (κ3) is 4.67. The molecule has 130 valence electrons. The largest absolute Gasteiger partial charge is 0.389 e. The molecule has 3 rings (SSSR count). The van der Waals surface area contributed by atoms with E-state index in [-0.39, 0.29) is 18.2 Å². The Morgan fingerprint density at radius 3 is 2.24 bits per heavy atom. The van der Waals surface area contributed by atoms with E-state index in [1.54, 1.807) is 48.5 Å². The summed E-state index contributed by atoms with van der Waals surface area (Å²) in [6, 6.07) is 15.9. The van der Waals surface area contributed by atoms with Crippen LogP contribution in [0.25, 0.3) is 0 Å². The second-order valence-corrected chi connectivity index (χ2v) is 6.56. The normalized spacial score (nSPS) is 15.6. The molecule has 0 unspecified atom stereocenters. The summed E-state index contributed by atoms with van der Waals surface area (Å²) in [6.07, 6.45) is 3.38. The van der Waals surface area contributed by atoms with Gasteiger partial charge in [0.2, 0.25) is 5.91 Å². The van der Waals surface area contributed by atoms with Crippen molar-refractivity contribution in [3.05, 3.63) is 60.2 Å². The van der Waals surface area contributed by atoms with Crippen LogP contribution in [0.15, 0.2) is 54.6 Å². The second kappa shape index (κ2) is 7.49. The van der Waals surface area contributed by atoms with Gasteiger partial charge in [-0.05, 0) is 43.2 Å². The number of hydrogen-bond acceptors (Lipinski definition) is 3. The molecule has 5 nitrogen and oxygen atoms in total. The van der Waals surface area contributed by atoms with E-state index in [2.05, 4.69) is 10.6 Å². The Balaban J connectivity index is 1.61. The minimum Gasteiger partial charge on any atom is -0.389 e. The average Bonchev–Trinajstić information content (AvgIpc) is 3.01. The van der Waals surface area contributed by atoms with Crippen LogP contribution >= 0.6 is 0 Å². The number of rotatable bonds is 5. The lowest BCUT2D eigenvalue weighted by Gasteiger charge is -2.21. The van der Waals surface area contributed by atoms with E-state index in [4.69, 9.17) is 0 Å². The summed E-state index contributed by atoms with van der Waals surface area (Å²) in [6.45, 7) is 0. The van der Waals surface area contributed by atoms with Crippen molar-refractivity contribution in [2.45, 2.75) is 37.7 Å². The summed E-state index contributed by atoms with van der Waals surface area (Å²) in [4.78, 5) is 24.4. The molecule has 1 aliphatic rings. The fraction of sp³-hybridized carbons (Fsp3) is 0.300. The van der Waals surface area contributed by atoms with Crippen LogP contribution in [-0.4, -0.2) is 22.5 Å². The van der Waals surface area contributed by atoms with Gasteiger partial charge in [0, 0.05) is 16.9 Å². The highest BCUT2D eigenvalue weighted by atomic mass is 16.3. The zero-order valence-corrected chi connectivity index (χ0v) is 14.0. The molecule has 0 bridgehead atoms. The molecule has 0 saturated heterocycles. The molecule has 2 amide bonds. The van der Waals surface area contributed by atoms with E-state index in [1.807, 2.05) is 6.07 Å². The van der Waals surface area contributed by atoms with Crippen molar-refractivity contribution in [1.82, 2.24) is 0 Å². The molecular weight excluding hydrogens is 316 g/mol. The Morgan fingerprint density at radius 1 is 0.920 bits per heavy atom. The number of benzene rings is 2. The molecule has 0 heterocycles. The van der Waals surface area contributed by atoms with Gasteiger partial charge in [0.15, 0.2) is 0 Å². The molecule has 5 heteroatoms. The van der Waals surface area contributed by atoms with Gasteiger partial charge in [-0.2, -0.15) is 0 Å². The minimum atomic E-state index is -0.872. The molecule has 2 aromatic rings. The van der Waals surface area contributed by atoms with Gasteiger partial charge in [-0.3, -0.25) is 9.59 Å². The van der Waals surface area contributed by atoms with Crippen LogP contribution in [0.2, 0.25) is 0 Å². The number of anilines is 2. The van der Waals surface area contributed by atoms with Gasteiger partial charge >= 0.3 is 0 Å². The summed E-state index contributed by atoms with van der Waals surface area (Å²) in [5.74, 6) is -0.416. The van der Waals surface area contributed by atoms with E-state index in [9.17, 15) is 14.7 Å². The fourth-order valence-electron chi connectivity index (χ4n) is 3.18. The van der Waals surface area contributed by atoms with Gasteiger partial charge in [-0.15, -0.1) is 0 Å². The Morgan fingerprint density at radius 2 is 1.56 bits per heavy atom. The average molecular weight is 338 g/mol. The van der Waals surface area contributed by atoms with E-state index in [0.29, 0.717) is 29.8 Å². The lowest BCUT2D eigenvalue weighted by molar-refractivity contribution is -0.120. The van der Waals surface area contributed by atoms with Crippen molar-refractivity contribution < 1.29 is 14.7 Å². The lowest BCUT2D eigenvalue weighted by atomic mass is 9.97. The quantitative estimate of drug-likeness (QED) is 0.780. The third-order valence-electron chi connectivity index (χ3n) is 4.46. The van der Waals surface area contributed by atoms with Crippen LogP contribution < -0.4 is 10.6 Å². The topological polar surface area (TPSA) is 78.4 Å². The van der Waals surface area contributed by atoms with Crippen molar-refractivity contribution in [3.63, 3.8) is 0 Å². The molecule has 0 aromatic heterocycles. The molecule has 0 atom stereocenters. The predicted molar refractivity (Wildman–Crippen MR) is 97.5 cm³/mol. The van der Waals surface area contributed by atoms with Crippen molar-refractivity contribution in [3.8, 4) is 0 Å². The Hall–Kier alpha value is -2.66. The number of aliphatic hydroxyl groups is 1. The zero-order valence-electron chi connectivity index (χ0n) is 14.0. The summed E-state index contributed by atoms with van der Waals surface area (Å²) in [5, 5.41) is 15.9. The number of carbonyl (C=O) groups excluding carboxylic acids is 2. The number of amides is 2. The highest BCUT2D eigenvalue weighted by Gasteiger charge is 2.33. The van der Waals surface area contributed by atoms with E-state index < -0.39 is 5.60 Å². The minimum absolute atomic E-state index is 0.105. The predicted octanol–water partition coefficient (Wildman–Crippen LogP) is 3.57. The van der Waals surface area contributed by atoms with Crippen LogP contribution in [0.3, 0.4) is 0 Å². The maximum Gasteiger partial charge on any atom is 0.255 e. The number of nitrogens with one attached hydrogen (secondary N) is 2. The second-order valence-electron chi connectivity index (χ2n) is 6.56. The molecule has 2 aromatic carbocycles. The van der Waals surface area contributed by atoms with Crippen LogP contribution in [0.5, 0.6) is 0 Å². The Kier molecular flexibility index (Phi) is 5.14. The van der Waals surface area contributed by atoms with Crippen LogP contribution in [0.4, 0.5) is 11.4 Å². The highest BCUT2D eigenvalue weighted by molar-refractivity contribution is 6.04. The molecule has 3 N–H and O–H groups in total. The molecule has 1 fully saturated rings. The lowest BCUT2D eigenvalue weighted by Crippen LogP contribution is -2.30. The molecule has 25 heavy (non-hydrogen) atoms. The maximum atomic E-state index is 12.2. The SMILES string of the molecule is O=C(CC1(O)CCCC1)Nc1cccc(NC(=O)c2ccccc2)c1. The smallest absolute Gasteiger partial charge is 0.255 e. The summed E-state index contributed by atoms with van der Waals surface area (Å²) in [5.41, 5.74) is 0.896. The summed E-state index contributed by atoms with van der Waals surface area (Å²) < 4.78 is 0. The van der Waals surface area contributed by atoms with Crippen molar-refractivity contribution in [1.29, 1.82) is 0 Å². The highest BCUT2D eigenvalue weighted by Crippen LogP contribution is 2.32. The van der Waals surface area contributed by atoms with Gasteiger partial charge in [-0.25, -0.2) is 0 Å². The monoisotopic (exact) mass is 338 g/mol. The first kappa shape index (κ1) is 17.2. The Labute approximate surface area is 147 Å². The van der Waals surface area contributed by atoms with Crippen LogP contribution in [0, 0.1) is 0 Å². The van der Waals surface area contributed by atoms with Gasteiger partial charge in [0.05, 0.1) is 12.0 Å². The summed E-state index contributed by atoms with van der Waals surface area (Å²) >= 11 is 0. The zero-order chi connectivity index (χ0) is 17.7. The van der Waals surface area contributed by atoms with Gasteiger partial charge in [0.1, 0.15) is 0 Å². The first-order chi connectivity index (χ1) is 12.0. The van der Waals surface area contributed by atoms with Crippen molar-refractivity contribution in [2.75, 3.05) is 10.6 Å². The van der Waals surface area contributed by atoms with E-state index in [1.165, 1.54) is 0 Å². The van der Waals surface area contributed by atoms with Gasteiger partial charge in [-0.1, -0.05) is 37.1 Å². The van der Waals surface area contributed by atoms with Crippen molar-refractivity contribution >= 4 is 23.2 Å². The fourth-order valence-corrected chi connectivity index (χ4v) is 3.18. The number of carbonyl (C=O) groups is 2. The third-order valence-corrected chi connectivity index (χ3v) is 4.46. The van der Waals surface area contributed by atoms with Gasteiger partial charge < -0.3 is 15.7 Å². The van der Waals surface area contributed by atoms with Gasteiger partial charge in [0.25, 0.3) is 5.91 Å². The molecular formula is C20H22N2O3. The molecule has 0 radical (unpaired) electrons. The van der Waals surface area contributed by atoms with Crippen LogP contribution in [0.1, 0.15) is 42.5 Å². The number of hydrogen-bond donors (Lipinski definition) is 3. The molecule has 1 saturated carbocycles. The van der Waals surface area contributed by atoms with E-state index in [0.717, 1.165) is 12.8 Å². The standard InChI is InChI=1S/C20H22N2O3/c23-18(14-20(25)11-4-5-12-20)21-16-9-6-10-17(13-16)22-19(24)15-7-2-1-3-8-15/h1-3,6-10,13,25H,4-5,11-12,14H2,(H,21,23)(H,22,24). The summed E-state index contributed by atoms with van der Waals surface area (Å²) in [7, 11) is 0. The molecule has 1 aliphatic carbocycles.